The first-order valence-corrected chi connectivity index (χ1v) is 9.04. The monoisotopic (exact) mass is 317 g/mol. The molecule has 1 aromatic rings. The van der Waals surface area contributed by atoms with Crippen LogP contribution in [0.5, 0.6) is 0 Å². The topological polar surface area (TPSA) is 43.7 Å². The van der Waals surface area contributed by atoms with E-state index in [2.05, 4.69) is 29.2 Å². The van der Waals surface area contributed by atoms with E-state index < -0.39 is 5.60 Å². The van der Waals surface area contributed by atoms with E-state index in [4.69, 9.17) is 0 Å². The number of rotatable bonds is 6. The molecule has 1 saturated carbocycles. The number of nitrogens with zero attached hydrogens (tertiary/aromatic N) is 1. The fourth-order valence-corrected chi connectivity index (χ4v) is 4.42. The second-order valence-electron chi connectivity index (χ2n) is 8.41. The van der Waals surface area contributed by atoms with Crippen LogP contribution in [0.1, 0.15) is 50.7 Å². The third-order valence-corrected chi connectivity index (χ3v) is 5.88. The van der Waals surface area contributed by atoms with Crippen molar-refractivity contribution in [3.05, 3.63) is 35.4 Å². The lowest BCUT2D eigenvalue weighted by Gasteiger charge is -2.26. The van der Waals surface area contributed by atoms with Gasteiger partial charge in [0.15, 0.2) is 0 Å². The van der Waals surface area contributed by atoms with Crippen molar-refractivity contribution in [3.8, 4) is 0 Å². The van der Waals surface area contributed by atoms with Crippen molar-refractivity contribution in [3.63, 3.8) is 0 Å². The molecule has 2 atom stereocenters. The largest absolute Gasteiger partial charge is 0.396 e. The van der Waals surface area contributed by atoms with E-state index in [0.717, 1.165) is 32.5 Å². The van der Waals surface area contributed by atoms with Crippen molar-refractivity contribution < 1.29 is 10.2 Å². The van der Waals surface area contributed by atoms with Crippen molar-refractivity contribution in [1.82, 2.24) is 4.90 Å². The van der Waals surface area contributed by atoms with Gasteiger partial charge in [0.1, 0.15) is 0 Å². The van der Waals surface area contributed by atoms with E-state index in [-0.39, 0.29) is 5.41 Å². The molecular formula is C20H31NO2. The molecule has 0 spiro atoms. The highest BCUT2D eigenvalue weighted by Gasteiger charge is 2.48. The maximum absolute atomic E-state index is 9.82. The molecule has 2 fully saturated rings. The van der Waals surface area contributed by atoms with Crippen LogP contribution in [0.2, 0.25) is 0 Å². The zero-order valence-corrected chi connectivity index (χ0v) is 14.6. The van der Waals surface area contributed by atoms with E-state index >= 15 is 0 Å². The molecule has 1 saturated heterocycles. The second kappa shape index (κ2) is 6.54. The van der Waals surface area contributed by atoms with Gasteiger partial charge in [-0.3, -0.25) is 4.90 Å². The molecule has 0 radical (unpaired) electrons. The van der Waals surface area contributed by atoms with Gasteiger partial charge in [-0.05, 0) is 56.6 Å². The Labute approximate surface area is 140 Å². The first kappa shape index (κ1) is 16.9. The van der Waals surface area contributed by atoms with E-state index in [1.54, 1.807) is 0 Å². The highest BCUT2D eigenvalue weighted by atomic mass is 16.3. The van der Waals surface area contributed by atoms with Crippen LogP contribution in [0.4, 0.5) is 0 Å². The average molecular weight is 317 g/mol. The predicted octanol–water partition coefficient (Wildman–Crippen LogP) is 2.98. The van der Waals surface area contributed by atoms with Crippen LogP contribution < -0.4 is 0 Å². The van der Waals surface area contributed by atoms with Gasteiger partial charge in [-0.15, -0.1) is 0 Å². The number of benzene rings is 1. The van der Waals surface area contributed by atoms with Gasteiger partial charge in [-0.25, -0.2) is 0 Å². The molecule has 0 aromatic heterocycles. The van der Waals surface area contributed by atoms with Crippen LogP contribution in [-0.2, 0) is 13.0 Å². The Morgan fingerprint density at radius 1 is 1.22 bits per heavy atom. The predicted molar refractivity (Wildman–Crippen MR) is 93.2 cm³/mol. The van der Waals surface area contributed by atoms with Crippen LogP contribution in [0, 0.1) is 11.3 Å². The summed E-state index contributed by atoms with van der Waals surface area (Å²) in [5, 5.41) is 19.6. The van der Waals surface area contributed by atoms with Crippen LogP contribution in [-0.4, -0.2) is 40.4 Å². The molecule has 128 valence electrons. The molecule has 0 bridgehead atoms. The number of aliphatic hydroxyl groups is 2. The highest BCUT2D eigenvalue weighted by molar-refractivity contribution is 5.23. The van der Waals surface area contributed by atoms with Crippen molar-refractivity contribution in [2.75, 3.05) is 19.7 Å². The zero-order chi connectivity index (χ0) is 16.5. The fourth-order valence-electron chi connectivity index (χ4n) is 4.42. The minimum Gasteiger partial charge on any atom is -0.396 e. The van der Waals surface area contributed by atoms with Crippen molar-refractivity contribution in [1.29, 1.82) is 0 Å². The Morgan fingerprint density at radius 3 is 2.52 bits per heavy atom. The van der Waals surface area contributed by atoms with Gasteiger partial charge in [0.05, 0.1) is 12.2 Å². The molecule has 23 heavy (non-hydrogen) atoms. The summed E-state index contributed by atoms with van der Waals surface area (Å²) < 4.78 is 0. The SMILES string of the molecule is CC(C)(O)CCc1ccc(CN2C[C@H]3CCC[C@@]3(CO)C2)cc1. The fraction of sp³-hybridized carbons (Fsp3) is 0.700. The molecule has 1 heterocycles. The second-order valence-corrected chi connectivity index (χ2v) is 8.41. The van der Waals surface area contributed by atoms with Gasteiger partial charge in [-0.1, -0.05) is 30.7 Å². The molecule has 2 aliphatic rings. The Hall–Kier alpha value is -0.900. The third kappa shape index (κ3) is 3.96. The summed E-state index contributed by atoms with van der Waals surface area (Å²) in [4.78, 5) is 2.52. The summed E-state index contributed by atoms with van der Waals surface area (Å²) in [5.41, 5.74) is 2.24. The summed E-state index contributed by atoms with van der Waals surface area (Å²) in [7, 11) is 0. The average Bonchev–Trinajstić information content (AvgIpc) is 3.02. The molecule has 0 unspecified atom stereocenters. The van der Waals surface area contributed by atoms with Gasteiger partial charge >= 0.3 is 0 Å². The zero-order valence-electron chi connectivity index (χ0n) is 14.6. The molecule has 3 nitrogen and oxygen atoms in total. The van der Waals surface area contributed by atoms with Gasteiger partial charge in [0.25, 0.3) is 0 Å². The molecule has 3 rings (SSSR count). The molecular weight excluding hydrogens is 286 g/mol. The standard InChI is InChI=1S/C20H31NO2/c1-19(2,23)11-9-16-5-7-17(8-6-16)12-21-13-18-4-3-10-20(18,14-21)15-22/h5-8,18,22-23H,3-4,9-15H2,1-2H3/t18-,20+/m1/s1. The Kier molecular flexibility index (Phi) is 4.82. The van der Waals surface area contributed by atoms with Crippen molar-refractivity contribution >= 4 is 0 Å². The van der Waals surface area contributed by atoms with Gasteiger partial charge in [0.2, 0.25) is 0 Å². The Balaban J connectivity index is 1.55. The van der Waals surface area contributed by atoms with Crippen molar-refractivity contribution in [2.24, 2.45) is 11.3 Å². The molecule has 1 aliphatic carbocycles. The molecule has 0 amide bonds. The van der Waals surface area contributed by atoms with Gasteiger partial charge in [-0.2, -0.15) is 0 Å². The molecule has 1 aliphatic heterocycles. The summed E-state index contributed by atoms with van der Waals surface area (Å²) in [5.74, 6) is 0.693. The Morgan fingerprint density at radius 2 is 1.91 bits per heavy atom. The maximum Gasteiger partial charge on any atom is 0.0594 e. The number of aryl methyl sites for hydroxylation is 1. The first-order valence-electron chi connectivity index (χ1n) is 9.04. The summed E-state index contributed by atoms with van der Waals surface area (Å²) in [6.45, 7) is 7.26. The minimum absolute atomic E-state index is 0.187. The highest BCUT2D eigenvalue weighted by Crippen LogP contribution is 2.48. The lowest BCUT2D eigenvalue weighted by atomic mass is 9.82. The van der Waals surface area contributed by atoms with E-state index in [1.165, 1.54) is 30.4 Å². The van der Waals surface area contributed by atoms with Crippen LogP contribution in [0.25, 0.3) is 0 Å². The minimum atomic E-state index is -0.593. The summed E-state index contributed by atoms with van der Waals surface area (Å²) >= 11 is 0. The maximum atomic E-state index is 9.82. The smallest absolute Gasteiger partial charge is 0.0594 e. The van der Waals surface area contributed by atoms with Crippen molar-refractivity contribution in [2.45, 2.75) is 58.1 Å². The van der Waals surface area contributed by atoms with Crippen LogP contribution >= 0.6 is 0 Å². The first-order chi connectivity index (χ1) is 10.9. The van der Waals surface area contributed by atoms with Crippen LogP contribution in [0.15, 0.2) is 24.3 Å². The lowest BCUT2D eigenvalue weighted by molar-refractivity contribution is 0.0714. The molecule has 1 aromatic carbocycles. The number of hydrogen-bond acceptors (Lipinski definition) is 3. The number of aliphatic hydroxyl groups excluding tert-OH is 1. The third-order valence-electron chi connectivity index (χ3n) is 5.88. The summed E-state index contributed by atoms with van der Waals surface area (Å²) in [6, 6.07) is 8.83. The van der Waals surface area contributed by atoms with E-state index in [1.807, 2.05) is 13.8 Å². The number of fused-ring (bicyclic) bond motifs is 1. The number of likely N-dealkylation sites (tertiary alicyclic amines) is 1. The molecule has 3 heteroatoms. The van der Waals surface area contributed by atoms with Gasteiger partial charge < -0.3 is 10.2 Å². The lowest BCUT2D eigenvalue weighted by Crippen LogP contribution is -2.30. The number of hydrogen-bond donors (Lipinski definition) is 2. The summed E-state index contributed by atoms with van der Waals surface area (Å²) in [6.07, 6.45) is 5.48. The van der Waals surface area contributed by atoms with E-state index in [0.29, 0.717) is 12.5 Å². The van der Waals surface area contributed by atoms with Crippen LogP contribution in [0.3, 0.4) is 0 Å². The van der Waals surface area contributed by atoms with Gasteiger partial charge in [0, 0.05) is 25.0 Å². The Bertz CT molecular complexity index is 519. The van der Waals surface area contributed by atoms with E-state index in [9.17, 15) is 10.2 Å². The quantitative estimate of drug-likeness (QED) is 0.848. The normalized spacial score (nSPS) is 28.3. The molecule has 2 N–H and O–H groups in total.